The zero-order valence-corrected chi connectivity index (χ0v) is 21.4. The molecule has 2 unspecified atom stereocenters. The van der Waals surface area contributed by atoms with Gasteiger partial charge in [0.2, 0.25) is 11.8 Å². The molecule has 182 valence electrons. The minimum absolute atomic E-state index is 0.0145. The number of hydrogen-bond donors (Lipinski definition) is 0. The fourth-order valence-electron chi connectivity index (χ4n) is 4.98. The number of hydrogen-bond acceptors (Lipinski definition) is 5. The number of anilines is 1. The monoisotopic (exact) mass is 511 g/mol. The van der Waals surface area contributed by atoms with Gasteiger partial charge in [-0.25, -0.2) is 9.69 Å². The first-order valence-corrected chi connectivity index (χ1v) is 12.7. The van der Waals surface area contributed by atoms with Gasteiger partial charge in [-0.15, -0.1) is 11.8 Å². The summed E-state index contributed by atoms with van der Waals surface area (Å²) in [5.74, 6) is 0.0592. The van der Waals surface area contributed by atoms with Crippen molar-refractivity contribution in [2.75, 3.05) is 25.1 Å². The molecule has 0 aliphatic carbocycles. The van der Waals surface area contributed by atoms with Crippen LogP contribution in [0.15, 0.2) is 52.9 Å². The molecular weight excluding hydrogens is 486 g/mol. The fourth-order valence-corrected chi connectivity index (χ4v) is 6.76. The number of carbonyl (C=O) groups excluding carboxylic acids is 3. The zero-order valence-electron chi connectivity index (χ0n) is 19.8. The van der Waals surface area contributed by atoms with Gasteiger partial charge < -0.3 is 14.5 Å². The molecular formula is C26H26ClN3O4S. The van der Waals surface area contributed by atoms with Crippen molar-refractivity contribution >= 4 is 46.9 Å². The van der Waals surface area contributed by atoms with Crippen LogP contribution in [0, 0.1) is 12.8 Å². The van der Waals surface area contributed by atoms with Gasteiger partial charge in [0.25, 0.3) is 0 Å². The molecule has 3 aliphatic rings. The number of fused-ring (bicyclic) bond motifs is 2. The molecule has 0 spiro atoms. The number of rotatable bonds is 4. The van der Waals surface area contributed by atoms with E-state index in [0.717, 1.165) is 21.8 Å². The van der Waals surface area contributed by atoms with Crippen LogP contribution in [0.2, 0.25) is 5.02 Å². The number of ether oxygens (including phenoxy) is 1. The average molecular weight is 512 g/mol. The van der Waals surface area contributed by atoms with Crippen LogP contribution < -0.4 is 9.64 Å². The van der Waals surface area contributed by atoms with Crippen LogP contribution in [0.1, 0.15) is 24.5 Å². The number of amides is 4. The van der Waals surface area contributed by atoms with Gasteiger partial charge in [0, 0.05) is 29.9 Å². The number of methoxy groups -OCH3 is 1. The van der Waals surface area contributed by atoms with Crippen molar-refractivity contribution < 1.29 is 19.1 Å². The highest BCUT2D eigenvalue weighted by atomic mass is 35.5. The van der Waals surface area contributed by atoms with Crippen LogP contribution in [-0.4, -0.2) is 53.2 Å². The maximum Gasteiger partial charge on any atom is 0.332 e. The summed E-state index contributed by atoms with van der Waals surface area (Å²) in [4.78, 5) is 45.7. The molecule has 2 aromatic carbocycles. The molecule has 3 heterocycles. The van der Waals surface area contributed by atoms with E-state index in [1.165, 1.54) is 16.7 Å². The number of thioether (sulfide) groups is 1. The lowest BCUT2D eigenvalue weighted by Crippen LogP contribution is -2.60. The number of nitrogens with zero attached hydrogens (tertiary/aromatic N) is 3. The van der Waals surface area contributed by atoms with E-state index in [1.54, 1.807) is 42.0 Å². The van der Waals surface area contributed by atoms with Crippen LogP contribution in [0.3, 0.4) is 0 Å². The Morgan fingerprint density at radius 2 is 1.91 bits per heavy atom. The van der Waals surface area contributed by atoms with E-state index in [2.05, 4.69) is 0 Å². The second-order valence-corrected chi connectivity index (χ2v) is 10.6. The van der Waals surface area contributed by atoms with Crippen molar-refractivity contribution in [2.24, 2.45) is 5.92 Å². The van der Waals surface area contributed by atoms with Gasteiger partial charge in [0.05, 0.1) is 30.6 Å². The summed E-state index contributed by atoms with van der Waals surface area (Å²) < 4.78 is 5.27. The topological polar surface area (TPSA) is 70.2 Å². The molecule has 1 saturated heterocycles. The summed E-state index contributed by atoms with van der Waals surface area (Å²) in [6.07, 6.45) is 0.627. The summed E-state index contributed by atoms with van der Waals surface area (Å²) in [5.41, 5.74) is 3.17. The van der Waals surface area contributed by atoms with Gasteiger partial charge in [0.15, 0.2) is 0 Å². The zero-order chi connectivity index (χ0) is 24.9. The Bertz CT molecular complexity index is 1250. The molecule has 0 saturated carbocycles. The molecule has 0 aromatic heterocycles. The third-order valence-corrected chi connectivity index (χ3v) is 8.79. The Morgan fingerprint density at radius 1 is 1.17 bits per heavy atom. The molecule has 0 radical (unpaired) electrons. The molecule has 2 atom stereocenters. The van der Waals surface area contributed by atoms with Crippen LogP contribution in [0.5, 0.6) is 5.75 Å². The second-order valence-electron chi connectivity index (χ2n) is 8.94. The minimum atomic E-state index is -0.460. The summed E-state index contributed by atoms with van der Waals surface area (Å²) in [6.45, 7) is 4.78. The van der Waals surface area contributed by atoms with E-state index >= 15 is 0 Å². The largest absolute Gasteiger partial charge is 0.497 e. The molecule has 0 bridgehead atoms. The molecule has 7 nitrogen and oxygen atoms in total. The smallest absolute Gasteiger partial charge is 0.332 e. The van der Waals surface area contributed by atoms with Crippen molar-refractivity contribution in [3.05, 3.63) is 69.1 Å². The highest BCUT2D eigenvalue weighted by Crippen LogP contribution is 2.51. The molecule has 3 aliphatic heterocycles. The molecule has 4 amide bonds. The third-order valence-electron chi connectivity index (χ3n) is 6.94. The molecule has 0 N–H and O–H groups in total. The quantitative estimate of drug-likeness (QED) is 0.588. The van der Waals surface area contributed by atoms with Gasteiger partial charge in [-0.05, 0) is 54.3 Å². The number of urea groups is 1. The molecule has 2 aromatic rings. The Labute approximate surface area is 213 Å². The summed E-state index contributed by atoms with van der Waals surface area (Å²) in [6, 6.07) is 12.5. The van der Waals surface area contributed by atoms with Crippen molar-refractivity contribution in [1.82, 2.24) is 9.80 Å². The predicted molar refractivity (Wildman–Crippen MR) is 136 cm³/mol. The van der Waals surface area contributed by atoms with E-state index in [1.807, 2.05) is 31.2 Å². The third kappa shape index (κ3) is 4.08. The van der Waals surface area contributed by atoms with Crippen molar-refractivity contribution in [3.63, 3.8) is 0 Å². The number of halogens is 1. The fraction of sp³-hybridized carbons (Fsp3) is 0.346. The van der Waals surface area contributed by atoms with Crippen molar-refractivity contribution in [2.45, 2.75) is 32.2 Å². The minimum Gasteiger partial charge on any atom is -0.497 e. The molecule has 5 rings (SSSR count). The Balaban J connectivity index is 1.56. The maximum absolute atomic E-state index is 13.9. The molecule has 9 heteroatoms. The standard InChI is InChI=1S/C26H26ClN3O4S/c1-15-20(27)5-4-6-21(15)30-24(32)23-19-11-12-28(16(2)31)14-22(19)35-25(23)29(26(30)33)13-17-7-9-18(34-3)10-8-17/h4-10,23,25H,11-14H2,1-3H3. The maximum atomic E-state index is 13.9. The van der Waals surface area contributed by atoms with Gasteiger partial charge >= 0.3 is 6.03 Å². The van der Waals surface area contributed by atoms with Crippen LogP contribution >= 0.6 is 23.4 Å². The van der Waals surface area contributed by atoms with Gasteiger partial charge in [-0.1, -0.05) is 29.8 Å². The van der Waals surface area contributed by atoms with Crippen LogP contribution in [0.4, 0.5) is 10.5 Å². The lowest BCUT2D eigenvalue weighted by atomic mass is 9.89. The van der Waals surface area contributed by atoms with E-state index in [9.17, 15) is 14.4 Å². The van der Waals surface area contributed by atoms with Crippen LogP contribution in [0.25, 0.3) is 0 Å². The summed E-state index contributed by atoms with van der Waals surface area (Å²) >= 11 is 7.90. The molecule has 35 heavy (non-hydrogen) atoms. The highest BCUT2D eigenvalue weighted by molar-refractivity contribution is 8.04. The molecule has 1 fully saturated rings. The number of benzene rings is 2. The van der Waals surface area contributed by atoms with Crippen molar-refractivity contribution in [3.8, 4) is 5.75 Å². The van der Waals surface area contributed by atoms with Gasteiger partial charge in [-0.3, -0.25) is 9.59 Å². The summed E-state index contributed by atoms with van der Waals surface area (Å²) in [7, 11) is 1.61. The highest BCUT2D eigenvalue weighted by Gasteiger charge is 2.53. The summed E-state index contributed by atoms with van der Waals surface area (Å²) in [5, 5.41) is 0.146. The average Bonchev–Trinajstić information content (AvgIpc) is 3.23. The lowest BCUT2D eigenvalue weighted by molar-refractivity contribution is -0.128. The van der Waals surface area contributed by atoms with E-state index in [-0.39, 0.29) is 23.2 Å². The van der Waals surface area contributed by atoms with E-state index < -0.39 is 5.92 Å². The SMILES string of the molecule is COc1ccc(CN2C(=O)N(c3cccc(Cl)c3C)C(=O)C3C4=C(CN(C(C)=O)CC4)SC32)cc1. The Morgan fingerprint density at radius 3 is 2.60 bits per heavy atom. The van der Waals surface area contributed by atoms with E-state index in [4.69, 9.17) is 16.3 Å². The first-order valence-electron chi connectivity index (χ1n) is 11.5. The van der Waals surface area contributed by atoms with Crippen molar-refractivity contribution in [1.29, 1.82) is 0 Å². The normalized spacial score (nSPS) is 21.9. The first kappa shape index (κ1) is 23.8. The van der Waals surface area contributed by atoms with Gasteiger partial charge in [-0.2, -0.15) is 0 Å². The van der Waals surface area contributed by atoms with Crippen LogP contribution in [-0.2, 0) is 16.1 Å². The predicted octanol–water partition coefficient (Wildman–Crippen LogP) is 4.82. The Kier molecular flexibility index (Phi) is 6.27. The van der Waals surface area contributed by atoms with E-state index in [0.29, 0.717) is 42.3 Å². The number of carbonyl (C=O) groups is 3. The first-order chi connectivity index (χ1) is 16.8. The second kappa shape index (κ2) is 9.24. The number of imide groups is 1. The van der Waals surface area contributed by atoms with Gasteiger partial charge in [0.1, 0.15) is 5.75 Å². The lowest BCUT2D eigenvalue weighted by Gasteiger charge is -2.42. The Hall–Kier alpha value is -2.97.